The third-order valence-corrected chi connectivity index (χ3v) is 16.0. The van der Waals surface area contributed by atoms with E-state index in [4.69, 9.17) is 0 Å². The van der Waals surface area contributed by atoms with Gasteiger partial charge < -0.3 is 0 Å². The summed E-state index contributed by atoms with van der Waals surface area (Å²) < 4.78 is 0.664. The molecule has 267 valence electrons. The Bertz CT molecular complexity index is 1840. The third kappa shape index (κ3) is 7.64. The summed E-state index contributed by atoms with van der Waals surface area (Å²) in [6.45, 7) is 27.5. The van der Waals surface area contributed by atoms with E-state index in [2.05, 4.69) is 192 Å². The zero-order chi connectivity index (χ0) is 37.4. The van der Waals surface area contributed by atoms with Crippen LogP contribution < -0.4 is 0 Å². The predicted molar refractivity (Wildman–Crippen MR) is 221 cm³/mol. The monoisotopic (exact) mass is 721 g/mol. The fourth-order valence-corrected chi connectivity index (χ4v) is 15.0. The van der Waals surface area contributed by atoms with Crippen LogP contribution in [0.3, 0.4) is 0 Å². The van der Waals surface area contributed by atoms with Gasteiger partial charge in [-0.25, -0.2) is 0 Å². The molecule has 0 unspecified atom stereocenters. The van der Waals surface area contributed by atoms with Gasteiger partial charge in [0.05, 0.1) is 0 Å². The van der Waals surface area contributed by atoms with Crippen molar-refractivity contribution in [2.45, 2.75) is 97.4 Å². The Balaban J connectivity index is 1.86. The number of rotatable bonds is 9. The van der Waals surface area contributed by atoms with Gasteiger partial charge in [-0.15, -0.1) is 0 Å². The number of benzene rings is 6. The molecule has 6 rings (SSSR count). The van der Waals surface area contributed by atoms with Gasteiger partial charge in [-0.3, -0.25) is 0 Å². The van der Waals surface area contributed by atoms with Gasteiger partial charge in [0.15, 0.2) is 0 Å². The first-order chi connectivity index (χ1) is 24.7. The summed E-state index contributed by atoms with van der Waals surface area (Å²) in [5.41, 5.74) is 25.1. The molecule has 0 aromatic heterocycles. The van der Waals surface area contributed by atoms with Crippen molar-refractivity contribution < 1.29 is 14.1 Å². The van der Waals surface area contributed by atoms with Crippen LogP contribution in [0.2, 0.25) is 0 Å². The van der Waals surface area contributed by atoms with Crippen LogP contribution in [0.4, 0.5) is 0 Å². The maximum absolute atomic E-state index is 2.48. The second kappa shape index (κ2) is 15.4. The second-order valence-corrected chi connectivity index (χ2v) is 19.2. The van der Waals surface area contributed by atoms with Gasteiger partial charge >= 0.3 is 321 Å². The molecule has 0 atom stereocenters. The zero-order valence-electron chi connectivity index (χ0n) is 33.5. The summed E-state index contributed by atoms with van der Waals surface area (Å²) in [4.78, 5) is 0. The Kier molecular flexibility index (Phi) is 11.2. The molecular formula is C51H57Cr. The molecule has 0 saturated heterocycles. The topological polar surface area (TPSA) is 0 Å². The summed E-state index contributed by atoms with van der Waals surface area (Å²) in [6, 6.07) is 43.5. The number of aryl methyl sites for hydroxylation is 12. The molecule has 6 aromatic rings. The van der Waals surface area contributed by atoms with E-state index < -0.39 is 14.1 Å². The molecule has 1 heteroatoms. The number of hydrogen-bond donors (Lipinski definition) is 0. The van der Waals surface area contributed by atoms with E-state index in [1.54, 1.807) is 0 Å². The molecule has 6 aromatic carbocycles. The van der Waals surface area contributed by atoms with Crippen LogP contribution in [0, 0.1) is 83.1 Å². The van der Waals surface area contributed by atoms with E-state index in [9.17, 15) is 0 Å². The Hall–Kier alpha value is -4.15. The van der Waals surface area contributed by atoms with Crippen LogP contribution in [0.15, 0.2) is 109 Å². The van der Waals surface area contributed by atoms with Crippen molar-refractivity contribution in [3.8, 4) is 0 Å². The van der Waals surface area contributed by atoms with Crippen LogP contribution in [-0.4, -0.2) is 0 Å². The van der Waals surface area contributed by atoms with E-state index in [0.29, 0.717) is 0 Å². The van der Waals surface area contributed by atoms with Gasteiger partial charge in [-0.1, -0.05) is 0 Å². The Labute approximate surface area is 319 Å². The molecule has 0 spiro atoms. The average Bonchev–Trinajstić information content (AvgIpc) is 3.06. The third-order valence-electron chi connectivity index (χ3n) is 11.1. The molecule has 0 nitrogen and oxygen atoms in total. The van der Waals surface area contributed by atoms with E-state index in [-0.39, 0.29) is 14.3 Å². The van der Waals surface area contributed by atoms with Crippen molar-refractivity contribution in [3.05, 3.63) is 209 Å². The zero-order valence-corrected chi connectivity index (χ0v) is 34.8. The minimum absolute atomic E-state index is 0.221. The molecule has 0 radical (unpaired) electrons. The molecular weight excluding hydrogens is 665 g/mol. The van der Waals surface area contributed by atoms with Gasteiger partial charge in [-0.2, -0.15) is 0 Å². The summed E-state index contributed by atoms with van der Waals surface area (Å²) in [5, 5.41) is 0. The summed E-state index contributed by atoms with van der Waals surface area (Å²) >= 11 is -1.97. The quantitative estimate of drug-likeness (QED) is 0.139. The van der Waals surface area contributed by atoms with Crippen LogP contribution >= 0.6 is 0 Å². The first-order valence-corrected chi connectivity index (χ1v) is 21.1. The molecule has 0 aliphatic carbocycles. The molecule has 0 amide bonds. The molecule has 0 bridgehead atoms. The molecule has 0 N–H and O–H groups in total. The maximum atomic E-state index is 2.48. The fraction of sp³-hybridized carbons (Fsp3) is 0.294. The molecule has 0 aliphatic rings. The average molecular weight is 722 g/mol. The SMILES string of the molecule is Cc1ccc([CH](c2ccc(C)cc2C)[Cr]([CH](c2ccc(C)cc2C)c2ccc(C)cc2C)[CH](c2ccc(C)cc2C)c2ccc(C)cc2C)c(C)c1. The van der Waals surface area contributed by atoms with Crippen LogP contribution in [0.25, 0.3) is 0 Å². The van der Waals surface area contributed by atoms with Crippen molar-refractivity contribution in [1.82, 2.24) is 0 Å². The van der Waals surface area contributed by atoms with Crippen molar-refractivity contribution in [3.63, 3.8) is 0 Å². The normalized spacial score (nSPS) is 11.8. The van der Waals surface area contributed by atoms with E-state index in [1.807, 2.05) is 0 Å². The first kappa shape index (κ1) is 37.6. The summed E-state index contributed by atoms with van der Waals surface area (Å²) in [7, 11) is 0. The van der Waals surface area contributed by atoms with Crippen molar-refractivity contribution >= 4 is 0 Å². The van der Waals surface area contributed by atoms with Gasteiger partial charge in [-0.05, 0) is 0 Å². The summed E-state index contributed by atoms with van der Waals surface area (Å²) in [6.07, 6.45) is 0. The van der Waals surface area contributed by atoms with Gasteiger partial charge in [0.25, 0.3) is 0 Å². The van der Waals surface area contributed by atoms with Gasteiger partial charge in [0.1, 0.15) is 0 Å². The van der Waals surface area contributed by atoms with E-state index >= 15 is 0 Å². The van der Waals surface area contributed by atoms with Gasteiger partial charge in [0.2, 0.25) is 0 Å². The Morgan fingerprint density at radius 2 is 0.404 bits per heavy atom. The van der Waals surface area contributed by atoms with Gasteiger partial charge in [0, 0.05) is 0 Å². The van der Waals surface area contributed by atoms with Crippen LogP contribution in [-0.2, 0) is 14.1 Å². The number of hydrogen-bond acceptors (Lipinski definition) is 0. The van der Waals surface area contributed by atoms with E-state index in [0.717, 1.165) is 0 Å². The van der Waals surface area contributed by atoms with E-state index in [1.165, 1.54) is 100 Å². The minimum atomic E-state index is -1.97. The Morgan fingerprint density at radius 3 is 0.538 bits per heavy atom. The standard InChI is InChI=1S/3C17H19.Cr/c3*1-12-5-7-16(14(3)9-12)11-17-8-6-13(2)10-15(17)4;/h3*5-11H,1-4H3;. The van der Waals surface area contributed by atoms with Crippen molar-refractivity contribution in [2.75, 3.05) is 0 Å². The predicted octanol–water partition coefficient (Wildman–Crippen LogP) is 13.7. The summed E-state index contributed by atoms with van der Waals surface area (Å²) in [5.74, 6) is 0. The molecule has 52 heavy (non-hydrogen) atoms. The van der Waals surface area contributed by atoms with Crippen LogP contribution in [0.1, 0.15) is 114 Å². The molecule has 0 saturated carbocycles. The first-order valence-electron chi connectivity index (χ1n) is 18.9. The Morgan fingerprint density at radius 1 is 0.250 bits per heavy atom. The van der Waals surface area contributed by atoms with Crippen LogP contribution in [0.5, 0.6) is 0 Å². The molecule has 0 fully saturated rings. The fourth-order valence-electron chi connectivity index (χ4n) is 8.51. The van der Waals surface area contributed by atoms with Crippen molar-refractivity contribution in [2.24, 2.45) is 0 Å². The second-order valence-electron chi connectivity index (χ2n) is 15.7. The molecule has 0 heterocycles. The van der Waals surface area contributed by atoms with Crippen molar-refractivity contribution in [1.29, 1.82) is 0 Å². The molecule has 0 aliphatic heterocycles.